The molecule has 0 radical (unpaired) electrons. The van der Waals surface area contributed by atoms with Crippen molar-refractivity contribution in [1.29, 1.82) is 0 Å². The van der Waals surface area contributed by atoms with Crippen molar-refractivity contribution in [2.24, 2.45) is 0 Å². The highest BCUT2D eigenvalue weighted by molar-refractivity contribution is 5.92. The van der Waals surface area contributed by atoms with Gasteiger partial charge in [0.25, 0.3) is 0 Å². The number of fused-ring (bicyclic) bond motifs is 1. The molecular weight excluding hydrogens is 316 g/mol. The lowest BCUT2D eigenvalue weighted by Crippen LogP contribution is -2.10. The zero-order valence-electron chi connectivity index (χ0n) is 14.1. The van der Waals surface area contributed by atoms with Crippen LogP contribution in [0.15, 0.2) is 51.7 Å². The minimum absolute atomic E-state index is 0.0937. The Morgan fingerprint density at radius 2 is 1.88 bits per heavy atom. The molecule has 0 spiro atoms. The van der Waals surface area contributed by atoms with Gasteiger partial charge in [-0.2, -0.15) is 0 Å². The smallest absolute Gasteiger partial charge is 0.335 e. The molecule has 0 aliphatic heterocycles. The first kappa shape index (κ1) is 15.6. The number of aryl methyl sites for hydroxylation is 1. The van der Waals surface area contributed by atoms with Gasteiger partial charge in [0, 0.05) is 11.5 Å². The summed E-state index contributed by atoms with van der Waals surface area (Å²) in [6.45, 7) is 3.86. The van der Waals surface area contributed by atoms with Crippen LogP contribution in [0.5, 0.6) is 0 Å². The second-order valence-electron chi connectivity index (χ2n) is 6.74. The Bertz CT molecular complexity index is 1060. The minimum atomic E-state index is -1.05. The summed E-state index contributed by atoms with van der Waals surface area (Å²) in [5.74, 6) is 0.259. The van der Waals surface area contributed by atoms with E-state index in [1.807, 2.05) is 12.1 Å². The molecule has 126 valence electrons. The van der Waals surface area contributed by atoms with Crippen molar-refractivity contribution >= 4 is 16.9 Å². The van der Waals surface area contributed by atoms with Crippen molar-refractivity contribution in [2.75, 3.05) is 0 Å². The lowest BCUT2D eigenvalue weighted by molar-refractivity contribution is 0.0697. The Balaban J connectivity index is 1.78. The predicted octanol–water partition coefficient (Wildman–Crippen LogP) is 4.38. The number of carboxylic acid groups (broad SMARTS) is 1. The minimum Gasteiger partial charge on any atom is -0.478 e. The third kappa shape index (κ3) is 2.54. The number of hydrogen-bond acceptors (Lipinski definition) is 3. The van der Waals surface area contributed by atoms with E-state index in [0.717, 1.165) is 12.2 Å². The maximum absolute atomic E-state index is 12.7. The van der Waals surface area contributed by atoms with Crippen LogP contribution in [0.4, 0.5) is 0 Å². The molecule has 2 aromatic carbocycles. The Labute approximate surface area is 144 Å². The van der Waals surface area contributed by atoms with Crippen molar-refractivity contribution in [2.45, 2.75) is 32.1 Å². The molecule has 3 aromatic rings. The highest BCUT2D eigenvalue weighted by atomic mass is 16.4. The van der Waals surface area contributed by atoms with Gasteiger partial charge in [-0.3, -0.25) is 4.79 Å². The van der Waals surface area contributed by atoms with E-state index in [-0.39, 0.29) is 16.9 Å². The van der Waals surface area contributed by atoms with E-state index in [4.69, 9.17) is 9.52 Å². The SMILES string of the molecule is Cc1ccccc1C1CC1c1oc2ccc(C(=O)O)cc2c(=O)c1C. The van der Waals surface area contributed by atoms with Gasteiger partial charge in [0.2, 0.25) is 0 Å². The van der Waals surface area contributed by atoms with Gasteiger partial charge in [0.05, 0.1) is 10.9 Å². The Hall–Kier alpha value is -2.88. The van der Waals surface area contributed by atoms with Crippen LogP contribution in [0.3, 0.4) is 0 Å². The maximum Gasteiger partial charge on any atom is 0.335 e. The molecule has 1 aliphatic rings. The number of aromatic carboxylic acids is 1. The molecule has 1 aromatic heterocycles. The van der Waals surface area contributed by atoms with Crippen LogP contribution in [-0.4, -0.2) is 11.1 Å². The highest BCUT2D eigenvalue weighted by Crippen LogP contribution is 2.56. The van der Waals surface area contributed by atoms with Gasteiger partial charge >= 0.3 is 5.97 Å². The quantitative estimate of drug-likeness (QED) is 0.772. The van der Waals surface area contributed by atoms with E-state index in [9.17, 15) is 9.59 Å². The molecule has 1 heterocycles. The molecule has 2 unspecified atom stereocenters. The van der Waals surface area contributed by atoms with Crippen molar-refractivity contribution in [3.8, 4) is 0 Å². The summed E-state index contributed by atoms with van der Waals surface area (Å²) in [4.78, 5) is 23.8. The van der Waals surface area contributed by atoms with Crippen molar-refractivity contribution in [3.05, 3.63) is 80.7 Å². The van der Waals surface area contributed by atoms with E-state index in [0.29, 0.717) is 22.5 Å². The van der Waals surface area contributed by atoms with Gasteiger partial charge in [0.15, 0.2) is 5.43 Å². The first-order chi connectivity index (χ1) is 12.0. The maximum atomic E-state index is 12.7. The zero-order valence-corrected chi connectivity index (χ0v) is 14.1. The fourth-order valence-corrected chi connectivity index (χ4v) is 3.62. The summed E-state index contributed by atoms with van der Waals surface area (Å²) in [7, 11) is 0. The first-order valence-corrected chi connectivity index (χ1v) is 8.33. The second kappa shape index (κ2) is 5.59. The predicted molar refractivity (Wildman–Crippen MR) is 95.5 cm³/mol. The molecule has 0 saturated heterocycles. The molecule has 1 fully saturated rings. The summed E-state index contributed by atoms with van der Waals surface area (Å²) >= 11 is 0. The number of hydrogen-bond donors (Lipinski definition) is 1. The van der Waals surface area contributed by atoms with Gasteiger partial charge in [-0.1, -0.05) is 24.3 Å². The van der Waals surface area contributed by atoms with Crippen molar-refractivity contribution in [1.82, 2.24) is 0 Å². The Morgan fingerprint density at radius 3 is 2.60 bits per heavy atom. The van der Waals surface area contributed by atoms with E-state index >= 15 is 0 Å². The monoisotopic (exact) mass is 334 g/mol. The highest BCUT2D eigenvalue weighted by Gasteiger charge is 2.43. The molecule has 4 rings (SSSR count). The largest absolute Gasteiger partial charge is 0.478 e. The average molecular weight is 334 g/mol. The number of rotatable bonds is 3. The van der Waals surface area contributed by atoms with E-state index < -0.39 is 5.97 Å². The van der Waals surface area contributed by atoms with Gasteiger partial charge in [-0.25, -0.2) is 4.79 Å². The lowest BCUT2D eigenvalue weighted by atomic mass is 10.0. The summed E-state index contributed by atoms with van der Waals surface area (Å²) in [5.41, 5.74) is 3.53. The van der Waals surface area contributed by atoms with Crippen LogP contribution in [0, 0.1) is 13.8 Å². The van der Waals surface area contributed by atoms with E-state index in [1.165, 1.54) is 23.3 Å². The fourth-order valence-electron chi connectivity index (χ4n) is 3.62. The van der Waals surface area contributed by atoms with Crippen LogP contribution < -0.4 is 5.43 Å². The molecule has 4 heteroatoms. The van der Waals surface area contributed by atoms with Gasteiger partial charge in [0.1, 0.15) is 11.3 Å². The topological polar surface area (TPSA) is 67.5 Å². The third-order valence-electron chi connectivity index (χ3n) is 5.12. The molecule has 2 atom stereocenters. The summed E-state index contributed by atoms with van der Waals surface area (Å²) in [5, 5.41) is 9.44. The normalized spacial score (nSPS) is 19.1. The fraction of sp³-hybridized carbons (Fsp3) is 0.238. The second-order valence-corrected chi connectivity index (χ2v) is 6.74. The molecular formula is C21H18O4. The number of carboxylic acids is 1. The molecule has 4 nitrogen and oxygen atoms in total. The molecule has 0 bridgehead atoms. The molecule has 1 saturated carbocycles. The van der Waals surface area contributed by atoms with Crippen molar-refractivity contribution < 1.29 is 14.3 Å². The average Bonchev–Trinajstić information content (AvgIpc) is 3.38. The molecule has 1 N–H and O–H groups in total. The molecule has 1 aliphatic carbocycles. The zero-order chi connectivity index (χ0) is 17.7. The number of carbonyl (C=O) groups is 1. The van der Waals surface area contributed by atoms with Crippen LogP contribution in [-0.2, 0) is 0 Å². The van der Waals surface area contributed by atoms with E-state index in [2.05, 4.69) is 19.1 Å². The van der Waals surface area contributed by atoms with Crippen LogP contribution >= 0.6 is 0 Å². The summed E-state index contributed by atoms with van der Waals surface area (Å²) < 4.78 is 6.03. The Kier molecular flexibility index (Phi) is 3.49. The first-order valence-electron chi connectivity index (χ1n) is 8.33. The Morgan fingerprint density at radius 1 is 1.12 bits per heavy atom. The lowest BCUT2D eigenvalue weighted by Gasteiger charge is -2.08. The van der Waals surface area contributed by atoms with Gasteiger partial charge in [-0.05, 0) is 55.5 Å². The molecule has 25 heavy (non-hydrogen) atoms. The summed E-state index contributed by atoms with van der Waals surface area (Å²) in [6, 6.07) is 12.7. The van der Waals surface area contributed by atoms with Crippen molar-refractivity contribution in [3.63, 3.8) is 0 Å². The van der Waals surface area contributed by atoms with Gasteiger partial charge < -0.3 is 9.52 Å². The van der Waals surface area contributed by atoms with Crippen LogP contribution in [0.25, 0.3) is 11.0 Å². The summed E-state index contributed by atoms with van der Waals surface area (Å²) in [6.07, 6.45) is 0.966. The third-order valence-corrected chi connectivity index (χ3v) is 5.12. The van der Waals surface area contributed by atoms with Gasteiger partial charge in [-0.15, -0.1) is 0 Å². The molecule has 0 amide bonds. The standard InChI is InChI=1S/C21H18O4/c1-11-5-3-4-6-14(11)15-10-16(15)20-12(2)19(22)17-9-13(21(23)24)7-8-18(17)25-20/h3-9,15-16H,10H2,1-2H3,(H,23,24). The van der Waals surface area contributed by atoms with E-state index in [1.54, 1.807) is 13.0 Å². The van der Waals surface area contributed by atoms with Crippen LogP contribution in [0.2, 0.25) is 0 Å². The number of benzene rings is 2. The van der Waals surface area contributed by atoms with Crippen LogP contribution in [0.1, 0.15) is 51.1 Å².